The van der Waals surface area contributed by atoms with E-state index in [9.17, 15) is 5.11 Å². The number of rotatable bonds is 1. The first-order valence-corrected chi connectivity index (χ1v) is 7.20. The summed E-state index contributed by atoms with van der Waals surface area (Å²) in [6.07, 6.45) is 6.91. The van der Waals surface area contributed by atoms with E-state index in [0.29, 0.717) is 5.25 Å². The zero-order valence-corrected chi connectivity index (χ0v) is 10.7. The molecule has 0 aromatic rings. The van der Waals surface area contributed by atoms with Gasteiger partial charge in [-0.25, -0.2) is 0 Å². The van der Waals surface area contributed by atoms with E-state index in [1.807, 2.05) is 0 Å². The molecule has 1 heterocycles. The summed E-state index contributed by atoms with van der Waals surface area (Å²) < 4.78 is 1.01. The van der Waals surface area contributed by atoms with Crippen LogP contribution in [0.15, 0.2) is 0 Å². The zero-order chi connectivity index (χ0) is 10.7. The smallest absolute Gasteiger partial charge is 0.136 e. The van der Waals surface area contributed by atoms with Gasteiger partial charge in [-0.2, -0.15) is 0 Å². The highest BCUT2D eigenvalue weighted by Crippen LogP contribution is 2.31. The van der Waals surface area contributed by atoms with Gasteiger partial charge in [-0.05, 0) is 25.7 Å². The van der Waals surface area contributed by atoms with Crippen LogP contribution >= 0.6 is 24.0 Å². The number of aliphatic hydroxyl groups excluding tert-OH is 1. The number of thiocarbonyl (C=S) groups is 1. The van der Waals surface area contributed by atoms with Crippen molar-refractivity contribution in [2.24, 2.45) is 0 Å². The van der Waals surface area contributed by atoms with Crippen molar-refractivity contribution >= 4 is 28.3 Å². The molecule has 1 saturated heterocycles. The summed E-state index contributed by atoms with van der Waals surface area (Å²) in [6, 6.07) is 0. The number of thioether (sulfide) groups is 1. The first-order chi connectivity index (χ1) is 7.27. The molecule has 2 atom stereocenters. The fourth-order valence-corrected chi connectivity index (χ4v) is 4.04. The van der Waals surface area contributed by atoms with Gasteiger partial charge in [0.05, 0.1) is 6.10 Å². The first kappa shape index (κ1) is 11.7. The largest absolute Gasteiger partial charge is 0.392 e. The molecule has 2 unspecified atom stereocenters. The maximum atomic E-state index is 9.86. The molecule has 0 amide bonds. The van der Waals surface area contributed by atoms with Gasteiger partial charge in [0.1, 0.15) is 4.32 Å². The van der Waals surface area contributed by atoms with Crippen molar-refractivity contribution in [1.82, 2.24) is 4.90 Å². The molecule has 2 fully saturated rings. The van der Waals surface area contributed by atoms with Crippen LogP contribution in [-0.4, -0.2) is 38.8 Å². The summed E-state index contributed by atoms with van der Waals surface area (Å²) in [5.74, 6) is 0. The minimum absolute atomic E-state index is 0.135. The average Bonchev–Trinajstić information content (AvgIpc) is 2.74. The van der Waals surface area contributed by atoms with Crippen LogP contribution in [0.2, 0.25) is 0 Å². The van der Waals surface area contributed by atoms with Gasteiger partial charge < -0.3 is 10.0 Å². The summed E-state index contributed by atoms with van der Waals surface area (Å²) in [4.78, 5) is 2.29. The van der Waals surface area contributed by atoms with Crippen molar-refractivity contribution in [3.8, 4) is 0 Å². The van der Waals surface area contributed by atoms with Crippen LogP contribution < -0.4 is 0 Å². The van der Waals surface area contributed by atoms with E-state index in [2.05, 4.69) is 4.90 Å². The maximum absolute atomic E-state index is 9.86. The fourth-order valence-electron chi connectivity index (χ4n) is 2.32. The monoisotopic (exact) mass is 245 g/mol. The molecule has 0 aromatic heterocycles. The summed E-state index contributed by atoms with van der Waals surface area (Å²) in [5.41, 5.74) is 0. The van der Waals surface area contributed by atoms with Crippen LogP contribution in [0, 0.1) is 0 Å². The van der Waals surface area contributed by atoms with Crippen molar-refractivity contribution in [3.05, 3.63) is 0 Å². The van der Waals surface area contributed by atoms with Crippen molar-refractivity contribution < 1.29 is 5.11 Å². The lowest BCUT2D eigenvalue weighted by Crippen LogP contribution is -2.32. The molecule has 1 aliphatic carbocycles. The second-order valence-electron chi connectivity index (χ2n) is 4.47. The van der Waals surface area contributed by atoms with Crippen LogP contribution in [0.25, 0.3) is 0 Å². The minimum atomic E-state index is -0.135. The van der Waals surface area contributed by atoms with Gasteiger partial charge >= 0.3 is 0 Å². The second kappa shape index (κ2) is 5.51. The van der Waals surface area contributed by atoms with Gasteiger partial charge in [-0.1, -0.05) is 36.8 Å². The standard InChI is InChI=1S/C11H19NOS2/c13-9-5-1-2-6-10(9)15-11(14)12-7-3-4-8-12/h9-10,13H,1-8H2. The van der Waals surface area contributed by atoms with E-state index in [4.69, 9.17) is 12.2 Å². The Kier molecular flexibility index (Phi) is 4.29. The molecule has 2 rings (SSSR count). The molecule has 1 saturated carbocycles. The number of hydrogen-bond donors (Lipinski definition) is 1. The van der Waals surface area contributed by atoms with Crippen molar-refractivity contribution in [3.63, 3.8) is 0 Å². The summed E-state index contributed by atoms with van der Waals surface area (Å²) in [5, 5.41) is 10.2. The number of likely N-dealkylation sites (tertiary alicyclic amines) is 1. The van der Waals surface area contributed by atoms with Gasteiger partial charge in [0.15, 0.2) is 0 Å². The fraction of sp³-hybridized carbons (Fsp3) is 0.909. The van der Waals surface area contributed by atoms with E-state index < -0.39 is 0 Å². The summed E-state index contributed by atoms with van der Waals surface area (Å²) in [6.45, 7) is 2.24. The van der Waals surface area contributed by atoms with E-state index in [1.54, 1.807) is 11.8 Å². The quantitative estimate of drug-likeness (QED) is 0.717. The third-order valence-corrected chi connectivity index (χ3v) is 5.14. The number of aliphatic hydroxyl groups is 1. The van der Waals surface area contributed by atoms with Gasteiger partial charge in [-0.15, -0.1) is 0 Å². The van der Waals surface area contributed by atoms with Gasteiger partial charge in [0, 0.05) is 18.3 Å². The van der Waals surface area contributed by atoms with Gasteiger partial charge in [0.2, 0.25) is 0 Å². The zero-order valence-electron chi connectivity index (χ0n) is 9.02. The van der Waals surface area contributed by atoms with E-state index in [-0.39, 0.29) is 6.10 Å². The maximum Gasteiger partial charge on any atom is 0.136 e. The van der Waals surface area contributed by atoms with Crippen LogP contribution in [-0.2, 0) is 0 Å². The van der Waals surface area contributed by atoms with Crippen LogP contribution in [0.5, 0.6) is 0 Å². The molecule has 4 heteroatoms. The van der Waals surface area contributed by atoms with Gasteiger partial charge in [0.25, 0.3) is 0 Å². The second-order valence-corrected chi connectivity index (χ2v) is 6.34. The minimum Gasteiger partial charge on any atom is -0.392 e. The highest BCUT2D eigenvalue weighted by Gasteiger charge is 2.26. The predicted octanol–water partition coefficient (Wildman–Crippen LogP) is 2.40. The molecule has 0 bridgehead atoms. The molecule has 1 N–H and O–H groups in total. The molecule has 86 valence electrons. The van der Waals surface area contributed by atoms with Crippen molar-refractivity contribution in [2.75, 3.05) is 13.1 Å². The molecule has 0 aromatic carbocycles. The highest BCUT2D eigenvalue weighted by molar-refractivity contribution is 8.23. The molecule has 15 heavy (non-hydrogen) atoms. The summed E-state index contributed by atoms with van der Waals surface area (Å²) >= 11 is 7.16. The summed E-state index contributed by atoms with van der Waals surface area (Å²) in [7, 11) is 0. The lowest BCUT2D eigenvalue weighted by Gasteiger charge is -2.29. The van der Waals surface area contributed by atoms with E-state index in [0.717, 1.165) is 30.3 Å². The first-order valence-electron chi connectivity index (χ1n) is 5.91. The Morgan fingerprint density at radius 1 is 1.13 bits per heavy atom. The lowest BCUT2D eigenvalue weighted by molar-refractivity contribution is 0.137. The molecule has 2 aliphatic rings. The third-order valence-electron chi connectivity index (χ3n) is 3.28. The Hall–Kier alpha value is 0.200. The Labute approximate surface area is 101 Å². The molecular weight excluding hydrogens is 226 g/mol. The number of hydrogen-bond acceptors (Lipinski definition) is 3. The van der Waals surface area contributed by atoms with Gasteiger partial charge in [-0.3, -0.25) is 0 Å². The Morgan fingerprint density at radius 3 is 2.47 bits per heavy atom. The van der Waals surface area contributed by atoms with Crippen LogP contribution in [0.4, 0.5) is 0 Å². The normalized spacial score (nSPS) is 31.9. The molecule has 2 nitrogen and oxygen atoms in total. The topological polar surface area (TPSA) is 23.5 Å². The Bertz CT molecular complexity index is 229. The molecular formula is C11H19NOS2. The van der Waals surface area contributed by atoms with Crippen molar-refractivity contribution in [2.45, 2.75) is 49.9 Å². The van der Waals surface area contributed by atoms with E-state index >= 15 is 0 Å². The predicted molar refractivity (Wildman–Crippen MR) is 69.3 cm³/mol. The number of nitrogens with zero attached hydrogens (tertiary/aromatic N) is 1. The molecule has 0 spiro atoms. The SMILES string of the molecule is OC1CCCCC1SC(=S)N1CCCC1. The third kappa shape index (κ3) is 3.08. The molecule has 1 aliphatic heterocycles. The Morgan fingerprint density at radius 2 is 1.80 bits per heavy atom. The Balaban J connectivity index is 1.81. The van der Waals surface area contributed by atoms with Crippen molar-refractivity contribution in [1.29, 1.82) is 0 Å². The van der Waals surface area contributed by atoms with E-state index in [1.165, 1.54) is 25.7 Å². The van der Waals surface area contributed by atoms with Crippen LogP contribution in [0.3, 0.4) is 0 Å². The lowest BCUT2D eigenvalue weighted by atomic mass is 9.97. The highest BCUT2D eigenvalue weighted by atomic mass is 32.2. The average molecular weight is 245 g/mol. The molecule has 0 radical (unpaired) electrons. The van der Waals surface area contributed by atoms with Crippen LogP contribution in [0.1, 0.15) is 38.5 Å².